The van der Waals surface area contributed by atoms with E-state index in [2.05, 4.69) is 4.98 Å². The zero-order chi connectivity index (χ0) is 16.4. The fraction of sp³-hybridized carbons (Fsp3) is 0.158. The number of benzene rings is 2. The lowest BCUT2D eigenvalue weighted by Crippen LogP contribution is -2.16. The average molecular weight is 307 g/mol. The first-order valence-corrected chi connectivity index (χ1v) is 7.40. The number of nitrogens with one attached hydrogen (secondary N) is 1. The van der Waals surface area contributed by atoms with E-state index in [0.29, 0.717) is 11.1 Å². The maximum absolute atomic E-state index is 12.1. The van der Waals surface area contributed by atoms with Crippen LogP contribution < -0.4 is 5.56 Å². The van der Waals surface area contributed by atoms with Gasteiger partial charge in [-0.3, -0.25) is 4.79 Å². The van der Waals surface area contributed by atoms with E-state index in [1.165, 1.54) is 0 Å². The quantitative estimate of drug-likeness (QED) is 0.753. The highest BCUT2D eigenvalue weighted by atomic mass is 16.5. The molecule has 1 N–H and O–H groups in total. The number of hydrogen-bond acceptors (Lipinski definition) is 3. The zero-order valence-electron chi connectivity index (χ0n) is 13.1. The summed E-state index contributed by atoms with van der Waals surface area (Å²) in [6, 6.07) is 14.7. The van der Waals surface area contributed by atoms with Gasteiger partial charge in [-0.05, 0) is 43.0 Å². The summed E-state index contributed by atoms with van der Waals surface area (Å²) < 4.78 is 5.27. The second-order valence-electron chi connectivity index (χ2n) is 5.61. The van der Waals surface area contributed by atoms with Crippen LogP contribution in [0.3, 0.4) is 0 Å². The van der Waals surface area contributed by atoms with E-state index >= 15 is 0 Å². The number of pyridine rings is 1. The van der Waals surface area contributed by atoms with Crippen LogP contribution in [0.15, 0.2) is 53.3 Å². The number of carbonyl (C=O) groups excluding carboxylic acids is 1. The number of H-pyrrole nitrogens is 1. The summed E-state index contributed by atoms with van der Waals surface area (Å²) in [5, 5.41) is 0.922. The second kappa shape index (κ2) is 6.08. The molecule has 0 bridgehead atoms. The molecule has 1 aromatic heterocycles. The van der Waals surface area contributed by atoms with Crippen molar-refractivity contribution in [3.63, 3.8) is 0 Å². The van der Waals surface area contributed by atoms with Gasteiger partial charge in [-0.25, -0.2) is 4.79 Å². The Morgan fingerprint density at radius 2 is 1.87 bits per heavy atom. The van der Waals surface area contributed by atoms with E-state index in [1.807, 2.05) is 38.1 Å². The van der Waals surface area contributed by atoms with E-state index in [9.17, 15) is 9.59 Å². The molecule has 0 spiro atoms. The molecule has 4 nitrogen and oxygen atoms in total. The van der Waals surface area contributed by atoms with Gasteiger partial charge in [0.25, 0.3) is 5.56 Å². The number of fused-ring (bicyclic) bond motifs is 1. The van der Waals surface area contributed by atoms with Crippen molar-refractivity contribution in [2.24, 2.45) is 0 Å². The van der Waals surface area contributed by atoms with Crippen molar-refractivity contribution in [1.82, 2.24) is 4.98 Å². The number of aromatic amines is 1. The van der Waals surface area contributed by atoms with E-state index < -0.39 is 5.97 Å². The number of aryl methyl sites for hydroxylation is 2. The van der Waals surface area contributed by atoms with E-state index in [1.54, 1.807) is 24.3 Å². The molecule has 0 unspecified atom stereocenters. The van der Waals surface area contributed by atoms with Gasteiger partial charge in [-0.2, -0.15) is 0 Å². The smallest absolute Gasteiger partial charge is 0.338 e. The lowest BCUT2D eigenvalue weighted by atomic mass is 10.1. The minimum Gasteiger partial charge on any atom is -0.457 e. The molecule has 4 heteroatoms. The maximum Gasteiger partial charge on any atom is 0.338 e. The Labute approximate surface area is 133 Å². The third kappa shape index (κ3) is 3.16. The Morgan fingerprint density at radius 3 is 2.65 bits per heavy atom. The molecule has 0 atom stereocenters. The van der Waals surface area contributed by atoms with Gasteiger partial charge >= 0.3 is 5.97 Å². The normalized spacial score (nSPS) is 10.7. The number of hydrogen-bond donors (Lipinski definition) is 1. The first kappa shape index (κ1) is 15.0. The molecule has 3 rings (SSSR count). The summed E-state index contributed by atoms with van der Waals surface area (Å²) in [6.45, 7) is 3.80. The zero-order valence-corrected chi connectivity index (χ0v) is 13.1. The first-order valence-electron chi connectivity index (χ1n) is 7.40. The molecular formula is C19H17NO3. The van der Waals surface area contributed by atoms with Crippen LogP contribution in [0.25, 0.3) is 10.9 Å². The molecule has 0 saturated carbocycles. The van der Waals surface area contributed by atoms with Crippen LogP contribution in [-0.2, 0) is 11.3 Å². The third-order valence-electron chi connectivity index (χ3n) is 3.78. The Kier molecular flexibility index (Phi) is 3.98. The SMILES string of the molecule is Cc1cccc(C(=O)OCc2cc3cccc(C)c3[nH]c2=O)c1. The second-order valence-corrected chi connectivity index (χ2v) is 5.61. The number of para-hydroxylation sites is 1. The molecule has 0 saturated heterocycles. The molecule has 116 valence electrons. The molecule has 0 fully saturated rings. The summed E-state index contributed by atoms with van der Waals surface area (Å²) in [5.74, 6) is -0.433. The van der Waals surface area contributed by atoms with Crippen LogP contribution in [0.4, 0.5) is 0 Å². The third-order valence-corrected chi connectivity index (χ3v) is 3.78. The van der Waals surface area contributed by atoms with Crippen molar-refractivity contribution >= 4 is 16.9 Å². The number of rotatable bonds is 3. The Morgan fingerprint density at radius 1 is 1.09 bits per heavy atom. The van der Waals surface area contributed by atoms with Crippen molar-refractivity contribution in [3.8, 4) is 0 Å². The van der Waals surface area contributed by atoms with Crippen molar-refractivity contribution in [2.75, 3.05) is 0 Å². The lowest BCUT2D eigenvalue weighted by Gasteiger charge is -2.07. The van der Waals surface area contributed by atoms with Crippen LogP contribution >= 0.6 is 0 Å². The van der Waals surface area contributed by atoms with Gasteiger partial charge in [0, 0.05) is 0 Å². The van der Waals surface area contributed by atoms with Crippen molar-refractivity contribution in [3.05, 3.63) is 81.1 Å². The Bertz CT molecular complexity index is 941. The molecular weight excluding hydrogens is 290 g/mol. The molecule has 1 heterocycles. The van der Waals surface area contributed by atoms with E-state index in [0.717, 1.165) is 22.0 Å². The highest BCUT2D eigenvalue weighted by Gasteiger charge is 2.10. The molecule has 3 aromatic rings. The molecule has 2 aromatic carbocycles. The highest BCUT2D eigenvalue weighted by molar-refractivity contribution is 5.89. The minimum absolute atomic E-state index is 0.0496. The summed E-state index contributed by atoms with van der Waals surface area (Å²) >= 11 is 0. The van der Waals surface area contributed by atoms with Crippen molar-refractivity contribution in [2.45, 2.75) is 20.5 Å². The highest BCUT2D eigenvalue weighted by Crippen LogP contribution is 2.15. The molecule has 0 aliphatic carbocycles. The van der Waals surface area contributed by atoms with Gasteiger partial charge in [0.2, 0.25) is 0 Å². The largest absolute Gasteiger partial charge is 0.457 e. The van der Waals surface area contributed by atoms with Gasteiger partial charge in [0.1, 0.15) is 6.61 Å². The van der Waals surface area contributed by atoms with Crippen LogP contribution in [-0.4, -0.2) is 11.0 Å². The molecule has 0 aliphatic rings. The Hall–Kier alpha value is -2.88. The fourth-order valence-corrected chi connectivity index (χ4v) is 2.53. The van der Waals surface area contributed by atoms with Gasteiger partial charge in [0.15, 0.2) is 0 Å². The molecule has 23 heavy (non-hydrogen) atoms. The first-order chi connectivity index (χ1) is 11.0. The predicted molar refractivity (Wildman–Crippen MR) is 89.6 cm³/mol. The van der Waals surface area contributed by atoms with Crippen LogP contribution in [0, 0.1) is 13.8 Å². The summed E-state index contributed by atoms with van der Waals surface area (Å²) in [5.41, 5.74) is 3.48. The molecule has 0 aliphatic heterocycles. The van der Waals surface area contributed by atoms with E-state index in [-0.39, 0.29) is 12.2 Å². The standard InChI is InChI=1S/C19H17NO3/c1-12-5-3-8-15(9-12)19(22)23-11-16-10-14-7-4-6-13(2)17(14)20-18(16)21/h3-10H,11H2,1-2H3,(H,20,21). The fourth-order valence-electron chi connectivity index (χ4n) is 2.53. The Balaban J connectivity index is 1.83. The van der Waals surface area contributed by atoms with Gasteiger partial charge in [0.05, 0.1) is 16.6 Å². The maximum atomic E-state index is 12.1. The van der Waals surface area contributed by atoms with Gasteiger partial charge < -0.3 is 9.72 Å². The van der Waals surface area contributed by atoms with Crippen molar-refractivity contribution in [1.29, 1.82) is 0 Å². The van der Waals surface area contributed by atoms with Gasteiger partial charge in [-0.1, -0.05) is 35.9 Å². The molecule has 0 amide bonds. The minimum atomic E-state index is -0.433. The van der Waals surface area contributed by atoms with Crippen molar-refractivity contribution < 1.29 is 9.53 Å². The van der Waals surface area contributed by atoms with Crippen LogP contribution in [0.2, 0.25) is 0 Å². The summed E-state index contributed by atoms with van der Waals surface area (Å²) in [4.78, 5) is 27.1. The number of aromatic nitrogens is 1. The summed E-state index contributed by atoms with van der Waals surface area (Å²) in [6.07, 6.45) is 0. The van der Waals surface area contributed by atoms with Crippen LogP contribution in [0.1, 0.15) is 27.0 Å². The topological polar surface area (TPSA) is 59.2 Å². The number of ether oxygens (including phenoxy) is 1. The predicted octanol–water partition coefficient (Wildman–Crippen LogP) is 3.50. The molecule has 0 radical (unpaired) electrons. The van der Waals surface area contributed by atoms with Gasteiger partial charge in [-0.15, -0.1) is 0 Å². The van der Waals surface area contributed by atoms with E-state index in [4.69, 9.17) is 4.74 Å². The van der Waals surface area contributed by atoms with Crippen LogP contribution in [0.5, 0.6) is 0 Å². The number of carbonyl (C=O) groups is 1. The number of esters is 1. The lowest BCUT2D eigenvalue weighted by molar-refractivity contribution is 0.0471. The summed E-state index contributed by atoms with van der Waals surface area (Å²) in [7, 11) is 0. The average Bonchev–Trinajstić information content (AvgIpc) is 2.53. The monoisotopic (exact) mass is 307 g/mol.